The van der Waals surface area contributed by atoms with Gasteiger partial charge in [0.1, 0.15) is 0 Å². The first-order chi connectivity index (χ1) is 3.91. The van der Waals surface area contributed by atoms with Crippen LogP contribution in [0.4, 0.5) is 0 Å². The number of allylic oxidation sites excluding steroid dienone is 2. The van der Waals surface area contributed by atoms with E-state index in [0.717, 1.165) is 0 Å². The highest BCUT2D eigenvalue weighted by atomic mass is 14.8. The molecule has 0 spiro atoms. The molecule has 1 heteroatoms. The van der Waals surface area contributed by atoms with E-state index in [1.54, 1.807) is 6.08 Å². The smallest absolute Gasteiger partial charge is 0.00277 e. The minimum atomic E-state index is 0. The molecule has 1 nitrogen and oxygen atoms in total. The Labute approximate surface area is 59.5 Å². The van der Waals surface area contributed by atoms with E-state index in [2.05, 4.69) is 11.9 Å². The van der Waals surface area contributed by atoms with Crippen LogP contribution < -0.4 is 5.32 Å². The Morgan fingerprint density at radius 3 is 1.89 bits per heavy atom. The molecule has 0 aliphatic rings. The fourth-order valence-corrected chi connectivity index (χ4v) is 0.164. The van der Waals surface area contributed by atoms with Crippen LogP contribution in [0, 0.1) is 0 Å². The first-order valence-corrected chi connectivity index (χ1v) is 2.86. The van der Waals surface area contributed by atoms with Crippen molar-refractivity contribution in [2.75, 3.05) is 7.05 Å². The van der Waals surface area contributed by atoms with Crippen molar-refractivity contribution >= 4 is 0 Å². The van der Waals surface area contributed by atoms with Crippen molar-refractivity contribution in [3.05, 3.63) is 24.9 Å². The maximum absolute atomic E-state index is 3.47. The molecule has 0 aromatic carbocycles. The highest BCUT2D eigenvalue weighted by Gasteiger charge is 1.50. The Morgan fingerprint density at radius 2 is 1.78 bits per heavy atom. The predicted octanol–water partition coefficient (Wildman–Crippen LogP) is 2.57. The van der Waals surface area contributed by atoms with E-state index >= 15 is 0 Å². The molecule has 0 saturated heterocycles. The molecule has 0 atom stereocenters. The van der Waals surface area contributed by atoms with Crippen LogP contribution in [0.3, 0.4) is 0 Å². The van der Waals surface area contributed by atoms with Crippen molar-refractivity contribution in [3.63, 3.8) is 0 Å². The van der Waals surface area contributed by atoms with Gasteiger partial charge in [0.05, 0.1) is 0 Å². The van der Waals surface area contributed by atoms with Crippen LogP contribution in [0.15, 0.2) is 24.9 Å². The number of hydrogen-bond donors (Lipinski definition) is 1. The lowest BCUT2D eigenvalue weighted by Crippen LogP contribution is -1.89. The van der Waals surface area contributed by atoms with E-state index in [9.17, 15) is 0 Å². The lowest BCUT2D eigenvalue weighted by Gasteiger charge is -1.76. The van der Waals surface area contributed by atoms with Gasteiger partial charge in [0.2, 0.25) is 0 Å². The van der Waals surface area contributed by atoms with E-state index in [1.807, 2.05) is 33.2 Å². The molecule has 0 aliphatic heterocycles. The van der Waals surface area contributed by atoms with E-state index in [4.69, 9.17) is 0 Å². The number of nitrogens with one attached hydrogen (secondary N) is 1. The molecule has 1 N–H and O–H groups in total. The molecular weight excluding hydrogens is 110 g/mol. The van der Waals surface area contributed by atoms with E-state index < -0.39 is 0 Å². The second-order valence-electron chi connectivity index (χ2n) is 0.883. The first-order valence-electron chi connectivity index (χ1n) is 2.86. The molecule has 9 heavy (non-hydrogen) atoms. The van der Waals surface area contributed by atoms with Crippen LogP contribution in [0.5, 0.6) is 0 Å². The van der Waals surface area contributed by atoms with Gasteiger partial charge in [0.25, 0.3) is 0 Å². The summed E-state index contributed by atoms with van der Waals surface area (Å²) in [6, 6.07) is 0. The van der Waals surface area contributed by atoms with E-state index in [0.29, 0.717) is 0 Å². The number of hydrogen-bond acceptors (Lipinski definition) is 1. The van der Waals surface area contributed by atoms with E-state index in [-0.39, 0.29) is 7.43 Å². The largest absolute Gasteiger partial charge is 0.394 e. The molecule has 0 fully saturated rings. The molecule has 56 valence electrons. The Morgan fingerprint density at radius 1 is 1.33 bits per heavy atom. The monoisotopic (exact) mass is 129 g/mol. The zero-order chi connectivity index (χ0) is 6.83. The number of rotatable bonds is 2. The fourth-order valence-electron chi connectivity index (χ4n) is 0.164. The summed E-state index contributed by atoms with van der Waals surface area (Å²) in [4.78, 5) is 0. The average molecular weight is 129 g/mol. The van der Waals surface area contributed by atoms with Crippen molar-refractivity contribution < 1.29 is 0 Å². The zero-order valence-electron chi connectivity index (χ0n) is 5.94. The summed E-state index contributed by atoms with van der Waals surface area (Å²) >= 11 is 0. The third-order valence-corrected chi connectivity index (χ3v) is 0.399. The molecule has 0 amide bonds. The van der Waals surface area contributed by atoms with Gasteiger partial charge in [-0.2, -0.15) is 0 Å². The minimum Gasteiger partial charge on any atom is -0.394 e. The third-order valence-electron chi connectivity index (χ3n) is 0.399. The van der Waals surface area contributed by atoms with Gasteiger partial charge in [0, 0.05) is 7.05 Å². The van der Waals surface area contributed by atoms with Gasteiger partial charge in [-0.1, -0.05) is 33.9 Å². The standard InChI is InChI=1S/C5H9N.C2H6.CH4/c1-3-4-5-6-2;1-2;/h3-6H,1H2,2H3;1-2H3;1H4/b5-4-;;. The normalized spacial score (nSPS) is 6.56. The lowest BCUT2D eigenvalue weighted by atomic mass is 10.6. The molecule has 0 heterocycles. The zero-order valence-corrected chi connectivity index (χ0v) is 5.94. The molecule has 0 aromatic rings. The third kappa shape index (κ3) is 39.0. The molecule has 0 aliphatic carbocycles. The quantitative estimate of drug-likeness (QED) is 0.565. The molecule has 0 rings (SSSR count). The van der Waals surface area contributed by atoms with Crippen LogP contribution in [0.25, 0.3) is 0 Å². The van der Waals surface area contributed by atoms with Gasteiger partial charge >= 0.3 is 0 Å². The second-order valence-corrected chi connectivity index (χ2v) is 0.883. The van der Waals surface area contributed by atoms with E-state index in [1.165, 1.54) is 0 Å². The maximum atomic E-state index is 3.47. The van der Waals surface area contributed by atoms with Gasteiger partial charge in [-0.15, -0.1) is 0 Å². The summed E-state index contributed by atoms with van der Waals surface area (Å²) in [7, 11) is 1.85. The Balaban J connectivity index is -0.000000109. The van der Waals surface area contributed by atoms with Gasteiger partial charge in [0.15, 0.2) is 0 Å². The van der Waals surface area contributed by atoms with Crippen molar-refractivity contribution in [2.24, 2.45) is 0 Å². The molecule has 0 aromatic heterocycles. The van der Waals surface area contributed by atoms with Crippen molar-refractivity contribution in [3.8, 4) is 0 Å². The van der Waals surface area contributed by atoms with Gasteiger partial charge in [-0.25, -0.2) is 0 Å². The SMILES string of the molecule is C.C=C/C=C\NC.CC. The van der Waals surface area contributed by atoms with Gasteiger partial charge in [-0.05, 0) is 12.3 Å². The van der Waals surface area contributed by atoms with Crippen molar-refractivity contribution in [2.45, 2.75) is 21.3 Å². The lowest BCUT2D eigenvalue weighted by molar-refractivity contribution is 1.10. The summed E-state index contributed by atoms with van der Waals surface area (Å²) in [5, 5.41) is 2.82. The molecule has 0 saturated carbocycles. The summed E-state index contributed by atoms with van der Waals surface area (Å²) in [6.07, 6.45) is 5.36. The van der Waals surface area contributed by atoms with Crippen LogP contribution in [-0.2, 0) is 0 Å². The maximum Gasteiger partial charge on any atom is 0.00277 e. The Bertz CT molecular complexity index is 55.6. The summed E-state index contributed by atoms with van der Waals surface area (Å²) in [5.41, 5.74) is 0. The van der Waals surface area contributed by atoms with Gasteiger partial charge < -0.3 is 5.32 Å². The Hall–Kier alpha value is -0.720. The Kier molecular flexibility index (Phi) is 46.7. The van der Waals surface area contributed by atoms with Crippen molar-refractivity contribution in [1.29, 1.82) is 0 Å². The van der Waals surface area contributed by atoms with Crippen LogP contribution in [-0.4, -0.2) is 7.05 Å². The molecule has 0 radical (unpaired) electrons. The average Bonchev–Trinajstić information content (AvgIpc) is 1.88. The first kappa shape index (κ1) is 15.7. The summed E-state index contributed by atoms with van der Waals surface area (Å²) < 4.78 is 0. The molecule has 0 bridgehead atoms. The summed E-state index contributed by atoms with van der Waals surface area (Å²) in [5.74, 6) is 0. The molecular formula is C8H19N. The predicted molar refractivity (Wildman–Crippen MR) is 46.5 cm³/mol. The highest BCUT2D eigenvalue weighted by Crippen LogP contribution is 1.61. The summed E-state index contributed by atoms with van der Waals surface area (Å²) in [6.45, 7) is 7.47. The van der Waals surface area contributed by atoms with Crippen LogP contribution >= 0.6 is 0 Å². The second kappa shape index (κ2) is 26.7. The highest BCUT2D eigenvalue weighted by molar-refractivity contribution is 4.94. The topological polar surface area (TPSA) is 12.0 Å². The van der Waals surface area contributed by atoms with Crippen LogP contribution in [0.2, 0.25) is 0 Å². The van der Waals surface area contributed by atoms with Crippen LogP contribution in [0.1, 0.15) is 21.3 Å². The fraction of sp³-hybridized carbons (Fsp3) is 0.500. The molecule has 0 unspecified atom stereocenters. The van der Waals surface area contributed by atoms with Crippen molar-refractivity contribution in [1.82, 2.24) is 5.32 Å². The van der Waals surface area contributed by atoms with Gasteiger partial charge in [-0.3, -0.25) is 0 Å². The minimum absolute atomic E-state index is 0.